The van der Waals surface area contributed by atoms with Gasteiger partial charge in [0, 0.05) is 45.5 Å². The molecule has 2 heterocycles. The van der Waals surface area contributed by atoms with Gasteiger partial charge < -0.3 is 29.6 Å². The molecule has 6 heteroatoms. The number of hydrogen-bond acceptors (Lipinski definition) is 6. The Morgan fingerprint density at radius 3 is 2.41 bits per heavy atom. The first kappa shape index (κ1) is 19.6. The SMILES string of the molecule is CC12CC(c3c(O)cc(-c4cc5ccc(O)cc5o4)cc3O)CC3c4ccc(O)cc4OC31C2. The fourth-order valence-corrected chi connectivity index (χ4v) is 6.70. The molecule has 4 aromatic rings. The van der Waals surface area contributed by atoms with Gasteiger partial charge in [0.25, 0.3) is 0 Å². The third-order valence-electron chi connectivity index (χ3n) is 8.33. The molecule has 7 rings (SSSR count). The van der Waals surface area contributed by atoms with Crippen LogP contribution >= 0.6 is 0 Å². The third-order valence-corrected chi connectivity index (χ3v) is 8.33. The van der Waals surface area contributed by atoms with Crippen LogP contribution in [-0.4, -0.2) is 26.0 Å². The number of aromatic hydroxyl groups is 4. The molecule has 0 radical (unpaired) electrons. The molecule has 3 aliphatic rings. The predicted molar refractivity (Wildman–Crippen MR) is 126 cm³/mol. The summed E-state index contributed by atoms with van der Waals surface area (Å²) in [5.74, 6) is 1.77. The Morgan fingerprint density at radius 2 is 1.62 bits per heavy atom. The van der Waals surface area contributed by atoms with Gasteiger partial charge in [-0.1, -0.05) is 13.0 Å². The minimum absolute atomic E-state index is 0.0318. The second kappa shape index (κ2) is 6.20. The Kier molecular flexibility index (Phi) is 3.58. The molecule has 0 saturated heterocycles. The van der Waals surface area contributed by atoms with Gasteiger partial charge in [-0.2, -0.15) is 0 Å². The van der Waals surface area contributed by atoms with Crippen LogP contribution in [0.4, 0.5) is 0 Å². The molecule has 4 unspecified atom stereocenters. The number of fused-ring (bicyclic) bond motifs is 3. The maximum Gasteiger partial charge on any atom is 0.138 e. The molecule has 2 saturated carbocycles. The van der Waals surface area contributed by atoms with Crippen molar-refractivity contribution < 1.29 is 29.6 Å². The Morgan fingerprint density at radius 1 is 0.882 bits per heavy atom. The third kappa shape index (κ3) is 2.51. The van der Waals surface area contributed by atoms with E-state index >= 15 is 0 Å². The molecule has 4 N–H and O–H groups in total. The van der Waals surface area contributed by atoms with E-state index in [1.54, 1.807) is 42.5 Å². The van der Waals surface area contributed by atoms with E-state index < -0.39 is 0 Å². The lowest BCUT2D eigenvalue weighted by Gasteiger charge is -2.36. The predicted octanol–water partition coefficient (Wildman–Crippen LogP) is 6.12. The topological polar surface area (TPSA) is 103 Å². The van der Waals surface area contributed by atoms with Gasteiger partial charge in [0.1, 0.15) is 45.7 Å². The minimum atomic E-state index is -0.259. The highest BCUT2D eigenvalue weighted by Gasteiger charge is 2.75. The molecule has 2 fully saturated rings. The largest absolute Gasteiger partial charge is 0.508 e. The molecule has 1 aliphatic heterocycles. The van der Waals surface area contributed by atoms with Crippen molar-refractivity contribution in [3.05, 3.63) is 65.7 Å². The van der Waals surface area contributed by atoms with Crippen molar-refractivity contribution in [2.24, 2.45) is 5.41 Å². The Labute approximate surface area is 195 Å². The van der Waals surface area contributed by atoms with Crippen LogP contribution in [0, 0.1) is 5.41 Å². The molecule has 172 valence electrons. The van der Waals surface area contributed by atoms with E-state index in [9.17, 15) is 20.4 Å². The maximum absolute atomic E-state index is 11.1. The molecular formula is C28H24O6. The summed E-state index contributed by atoms with van der Waals surface area (Å²) in [4.78, 5) is 0. The molecule has 1 spiro atoms. The molecule has 2 aliphatic carbocycles. The second-order valence-corrected chi connectivity index (χ2v) is 10.4. The highest BCUT2D eigenvalue weighted by Crippen LogP contribution is 2.76. The summed E-state index contributed by atoms with van der Waals surface area (Å²) in [6.07, 6.45) is 2.47. The summed E-state index contributed by atoms with van der Waals surface area (Å²) in [5.41, 5.74) is 2.44. The van der Waals surface area contributed by atoms with Crippen molar-refractivity contribution in [3.8, 4) is 40.1 Å². The van der Waals surface area contributed by atoms with E-state index in [2.05, 4.69) is 6.92 Å². The molecule has 34 heavy (non-hydrogen) atoms. The number of rotatable bonds is 2. The van der Waals surface area contributed by atoms with E-state index in [4.69, 9.17) is 9.15 Å². The van der Waals surface area contributed by atoms with E-state index in [1.165, 1.54) is 0 Å². The normalized spacial score (nSPS) is 28.7. The fraction of sp³-hybridized carbons (Fsp3) is 0.286. The van der Waals surface area contributed by atoms with Gasteiger partial charge in [0.05, 0.1) is 0 Å². The average molecular weight is 456 g/mol. The summed E-state index contributed by atoms with van der Waals surface area (Å²) in [5, 5.41) is 42.5. The zero-order chi connectivity index (χ0) is 23.4. The van der Waals surface area contributed by atoms with Crippen LogP contribution in [0.2, 0.25) is 0 Å². The maximum atomic E-state index is 11.1. The quantitative estimate of drug-likeness (QED) is 0.290. The Hall–Kier alpha value is -3.80. The van der Waals surface area contributed by atoms with Gasteiger partial charge in [0.15, 0.2) is 0 Å². The lowest BCUT2D eigenvalue weighted by molar-refractivity contribution is 0.0915. The molecule has 3 aromatic carbocycles. The monoisotopic (exact) mass is 456 g/mol. The van der Waals surface area contributed by atoms with Crippen LogP contribution in [0.25, 0.3) is 22.3 Å². The van der Waals surface area contributed by atoms with Crippen LogP contribution in [0.1, 0.15) is 49.1 Å². The zero-order valence-electron chi connectivity index (χ0n) is 18.6. The van der Waals surface area contributed by atoms with Crippen molar-refractivity contribution in [1.82, 2.24) is 0 Å². The van der Waals surface area contributed by atoms with Crippen LogP contribution < -0.4 is 4.74 Å². The Balaban J connectivity index is 1.26. The fourth-order valence-electron chi connectivity index (χ4n) is 6.70. The van der Waals surface area contributed by atoms with Crippen LogP contribution in [-0.2, 0) is 0 Å². The summed E-state index contributed by atoms with van der Waals surface area (Å²) >= 11 is 0. The molecule has 0 amide bonds. The van der Waals surface area contributed by atoms with Crippen LogP contribution in [0.5, 0.6) is 28.7 Å². The number of benzene rings is 3. The van der Waals surface area contributed by atoms with Gasteiger partial charge in [-0.15, -0.1) is 0 Å². The Bertz CT molecular complexity index is 1480. The lowest BCUT2D eigenvalue weighted by atomic mass is 9.69. The van der Waals surface area contributed by atoms with Crippen molar-refractivity contribution in [2.45, 2.75) is 43.6 Å². The number of ether oxygens (including phenoxy) is 1. The van der Waals surface area contributed by atoms with Crippen molar-refractivity contribution in [1.29, 1.82) is 0 Å². The first-order chi connectivity index (χ1) is 16.3. The molecular weight excluding hydrogens is 432 g/mol. The zero-order valence-corrected chi connectivity index (χ0v) is 18.6. The van der Waals surface area contributed by atoms with E-state index in [-0.39, 0.29) is 45.8 Å². The summed E-state index contributed by atoms with van der Waals surface area (Å²) in [6, 6.07) is 15.3. The molecule has 4 atom stereocenters. The average Bonchev–Trinajstić information content (AvgIpc) is 3.04. The molecule has 0 bridgehead atoms. The van der Waals surface area contributed by atoms with Crippen molar-refractivity contribution >= 4 is 11.0 Å². The van der Waals surface area contributed by atoms with Crippen molar-refractivity contribution in [3.63, 3.8) is 0 Å². The van der Waals surface area contributed by atoms with Crippen LogP contribution in [0.3, 0.4) is 0 Å². The van der Waals surface area contributed by atoms with Gasteiger partial charge in [-0.25, -0.2) is 0 Å². The number of hydrogen-bond donors (Lipinski definition) is 4. The lowest BCUT2D eigenvalue weighted by Crippen LogP contribution is -2.34. The van der Waals surface area contributed by atoms with Gasteiger partial charge in [0.2, 0.25) is 0 Å². The molecule has 1 aromatic heterocycles. The van der Waals surface area contributed by atoms with Crippen molar-refractivity contribution in [2.75, 3.05) is 0 Å². The van der Waals surface area contributed by atoms with E-state index in [1.807, 2.05) is 12.1 Å². The molecule has 6 nitrogen and oxygen atoms in total. The van der Waals surface area contributed by atoms with Gasteiger partial charge in [-0.3, -0.25) is 0 Å². The summed E-state index contributed by atoms with van der Waals surface area (Å²) in [6.45, 7) is 2.21. The van der Waals surface area contributed by atoms with Crippen LogP contribution in [0.15, 0.2) is 59.0 Å². The highest BCUT2D eigenvalue weighted by atomic mass is 16.5. The van der Waals surface area contributed by atoms with Gasteiger partial charge >= 0.3 is 0 Å². The number of phenols is 4. The van der Waals surface area contributed by atoms with E-state index in [0.717, 1.165) is 36.0 Å². The minimum Gasteiger partial charge on any atom is -0.508 e. The highest BCUT2D eigenvalue weighted by molar-refractivity contribution is 5.84. The van der Waals surface area contributed by atoms with E-state index in [0.29, 0.717) is 22.5 Å². The summed E-state index contributed by atoms with van der Waals surface area (Å²) < 4.78 is 12.3. The summed E-state index contributed by atoms with van der Waals surface area (Å²) in [7, 11) is 0. The smallest absolute Gasteiger partial charge is 0.138 e. The van der Waals surface area contributed by atoms with Gasteiger partial charge in [-0.05, 0) is 61.6 Å². The first-order valence-corrected chi connectivity index (χ1v) is 11.6. The number of furan rings is 1. The first-order valence-electron chi connectivity index (χ1n) is 11.6. The number of phenolic OH excluding ortho intramolecular Hbond substituents is 4. The standard InChI is InChI=1S/C28H24O6/c1-27-12-16(6-20-19-5-4-18(30)11-25(19)34-28(20,27)13-27)26-21(31)7-15(8-22(26)32)23-9-14-2-3-17(29)10-24(14)33-23/h2-5,7-11,16,20,29-32H,6,12-13H2,1H3. The second-order valence-electron chi connectivity index (χ2n) is 10.4.